The van der Waals surface area contributed by atoms with Gasteiger partial charge in [0.15, 0.2) is 5.82 Å². The second-order valence-corrected chi connectivity index (χ2v) is 7.81. The highest BCUT2D eigenvalue weighted by molar-refractivity contribution is 5.97. The van der Waals surface area contributed by atoms with Gasteiger partial charge in [-0.3, -0.25) is 9.69 Å². The summed E-state index contributed by atoms with van der Waals surface area (Å²) in [6.45, 7) is 1.29. The highest BCUT2D eigenvalue weighted by Gasteiger charge is 2.45. The number of carboxylic acid groups (broad SMARTS) is 1. The molecule has 3 aliphatic rings. The molecule has 2 aliphatic heterocycles. The standard InChI is InChI=1S/C21H22N4O3/c26-20(22-11-13-6-7-13)16-8-9-17-19(23-16)25(21(27)28)15-10-18(24(17)12-15)14-4-2-1-3-5-14/h1-5,8-9,13,15,18H,6-7,10-12H2,(H,22,26)(H,27,28)/t15-,18?/m0/s1. The predicted molar refractivity (Wildman–Crippen MR) is 105 cm³/mol. The number of fused-ring (bicyclic) bond motifs is 4. The quantitative estimate of drug-likeness (QED) is 0.854. The third-order valence-electron chi connectivity index (χ3n) is 5.91. The first kappa shape index (κ1) is 17.0. The number of aromatic nitrogens is 1. The van der Waals surface area contributed by atoms with Gasteiger partial charge in [0.05, 0.1) is 17.8 Å². The van der Waals surface area contributed by atoms with Crippen molar-refractivity contribution in [3.8, 4) is 0 Å². The van der Waals surface area contributed by atoms with Crippen LogP contribution in [0.25, 0.3) is 0 Å². The van der Waals surface area contributed by atoms with Crippen molar-refractivity contribution in [2.75, 3.05) is 22.9 Å². The summed E-state index contributed by atoms with van der Waals surface area (Å²) in [7, 11) is 0. The Morgan fingerprint density at radius 2 is 1.93 bits per heavy atom. The van der Waals surface area contributed by atoms with Crippen LogP contribution in [0.4, 0.5) is 16.3 Å². The van der Waals surface area contributed by atoms with Crippen molar-refractivity contribution in [3.05, 3.63) is 53.7 Å². The van der Waals surface area contributed by atoms with Crippen LogP contribution in [0.5, 0.6) is 0 Å². The molecule has 1 saturated heterocycles. The number of amides is 2. The molecule has 2 amide bonds. The molecule has 1 saturated carbocycles. The van der Waals surface area contributed by atoms with Crippen LogP contribution in [0.2, 0.25) is 0 Å². The third-order valence-corrected chi connectivity index (χ3v) is 5.91. The molecule has 1 aromatic carbocycles. The first-order valence-corrected chi connectivity index (χ1v) is 9.75. The molecule has 2 bridgehead atoms. The maximum absolute atomic E-state index is 12.5. The summed E-state index contributed by atoms with van der Waals surface area (Å²) >= 11 is 0. The summed E-state index contributed by atoms with van der Waals surface area (Å²) in [5, 5.41) is 12.7. The van der Waals surface area contributed by atoms with Gasteiger partial charge in [-0.1, -0.05) is 30.3 Å². The molecule has 5 rings (SSSR count). The minimum absolute atomic E-state index is 0.102. The van der Waals surface area contributed by atoms with E-state index in [9.17, 15) is 14.7 Å². The van der Waals surface area contributed by atoms with Gasteiger partial charge in [0.25, 0.3) is 5.91 Å². The molecule has 2 aromatic rings. The van der Waals surface area contributed by atoms with E-state index >= 15 is 0 Å². The molecule has 28 heavy (non-hydrogen) atoms. The number of carbonyl (C=O) groups excluding carboxylic acids is 1. The molecule has 1 unspecified atom stereocenters. The van der Waals surface area contributed by atoms with Gasteiger partial charge in [-0.05, 0) is 42.9 Å². The smallest absolute Gasteiger partial charge is 0.413 e. The Hall–Kier alpha value is -3.09. The Labute approximate surface area is 163 Å². The lowest BCUT2D eigenvalue weighted by Gasteiger charge is -2.35. The van der Waals surface area contributed by atoms with Gasteiger partial charge in [0, 0.05) is 13.1 Å². The molecule has 3 heterocycles. The Morgan fingerprint density at radius 3 is 2.64 bits per heavy atom. The van der Waals surface area contributed by atoms with E-state index in [0.717, 1.165) is 24.1 Å². The maximum Gasteiger partial charge on any atom is 0.413 e. The van der Waals surface area contributed by atoms with E-state index in [1.54, 1.807) is 6.07 Å². The van der Waals surface area contributed by atoms with Crippen molar-refractivity contribution in [2.24, 2.45) is 5.92 Å². The number of benzene rings is 1. The van der Waals surface area contributed by atoms with Gasteiger partial charge in [0.1, 0.15) is 5.69 Å². The molecule has 144 valence electrons. The second-order valence-electron chi connectivity index (χ2n) is 7.81. The summed E-state index contributed by atoms with van der Waals surface area (Å²) in [6, 6.07) is 13.6. The van der Waals surface area contributed by atoms with Crippen LogP contribution in [-0.2, 0) is 0 Å². The number of carbonyl (C=O) groups is 2. The number of rotatable bonds is 4. The van der Waals surface area contributed by atoms with Crippen LogP contribution in [0, 0.1) is 5.92 Å². The molecular formula is C21H22N4O3. The summed E-state index contributed by atoms with van der Waals surface area (Å²) in [5.41, 5.74) is 2.20. The van der Waals surface area contributed by atoms with Gasteiger partial charge in [0.2, 0.25) is 0 Å². The Kier molecular flexibility index (Phi) is 3.96. The van der Waals surface area contributed by atoms with Gasteiger partial charge < -0.3 is 15.3 Å². The van der Waals surface area contributed by atoms with Crippen molar-refractivity contribution < 1.29 is 14.7 Å². The van der Waals surface area contributed by atoms with Gasteiger partial charge in [-0.2, -0.15) is 0 Å². The number of hydrogen-bond acceptors (Lipinski definition) is 4. The predicted octanol–water partition coefficient (Wildman–Crippen LogP) is 3.04. The van der Waals surface area contributed by atoms with E-state index in [-0.39, 0.29) is 23.7 Å². The molecule has 7 nitrogen and oxygen atoms in total. The Balaban J connectivity index is 1.50. The Bertz CT molecular complexity index is 929. The topological polar surface area (TPSA) is 85.8 Å². The summed E-state index contributed by atoms with van der Waals surface area (Å²) in [5.74, 6) is 0.694. The SMILES string of the molecule is O=C(NCC1CC1)c1ccc2c(n1)N(C(=O)O)[C@H]1CC(c3ccccc3)N2C1. The van der Waals surface area contributed by atoms with Crippen molar-refractivity contribution in [1.82, 2.24) is 10.3 Å². The average molecular weight is 378 g/mol. The zero-order chi connectivity index (χ0) is 19.3. The first-order valence-electron chi connectivity index (χ1n) is 9.75. The van der Waals surface area contributed by atoms with Gasteiger partial charge in [-0.15, -0.1) is 0 Å². The van der Waals surface area contributed by atoms with E-state index in [1.165, 1.54) is 4.90 Å². The molecule has 0 spiro atoms. The van der Waals surface area contributed by atoms with Crippen molar-refractivity contribution in [2.45, 2.75) is 31.3 Å². The fourth-order valence-corrected chi connectivity index (χ4v) is 4.30. The van der Waals surface area contributed by atoms with Crippen molar-refractivity contribution >= 4 is 23.5 Å². The highest BCUT2D eigenvalue weighted by atomic mass is 16.4. The van der Waals surface area contributed by atoms with E-state index in [2.05, 4.69) is 27.3 Å². The lowest BCUT2D eigenvalue weighted by atomic mass is 10.0. The van der Waals surface area contributed by atoms with Gasteiger partial charge >= 0.3 is 6.09 Å². The summed E-state index contributed by atoms with van der Waals surface area (Å²) in [6.07, 6.45) is 1.99. The first-order chi connectivity index (χ1) is 13.6. The molecule has 2 atom stereocenters. The van der Waals surface area contributed by atoms with E-state index in [0.29, 0.717) is 31.2 Å². The molecule has 2 N–H and O–H groups in total. The molecule has 7 heteroatoms. The average Bonchev–Trinajstić information content (AvgIpc) is 3.47. The number of pyridine rings is 1. The number of anilines is 2. The van der Waals surface area contributed by atoms with Crippen molar-refractivity contribution in [3.63, 3.8) is 0 Å². The third kappa shape index (κ3) is 2.87. The van der Waals surface area contributed by atoms with Gasteiger partial charge in [-0.25, -0.2) is 9.78 Å². The normalized spacial score (nSPS) is 22.7. The van der Waals surface area contributed by atoms with Crippen LogP contribution < -0.4 is 15.1 Å². The molecule has 2 fully saturated rings. The molecule has 0 radical (unpaired) electrons. The van der Waals surface area contributed by atoms with Crippen LogP contribution in [-0.4, -0.2) is 41.2 Å². The molecular weight excluding hydrogens is 356 g/mol. The zero-order valence-electron chi connectivity index (χ0n) is 15.4. The molecule has 1 aromatic heterocycles. The minimum Gasteiger partial charge on any atom is -0.465 e. The largest absolute Gasteiger partial charge is 0.465 e. The lowest BCUT2D eigenvalue weighted by Crippen LogP contribution is -2.46. The maximum atomic E-state index is 12.5. The zero-order valence-corrected chi connectivity index (χ0v) is 15.4. The van der Waals surface area contributed by atoms with Crippen LogP contribution in [0.3, 0.4) is 0 Å². The van der Waals surface area contributed by atoms with E-state index in [4.69, 9.17) is 0 Å². The van der Waals surface area contributed by atoms with Crippen LogP contribution in [0.1, 0.15) is 41.4 Å². The van der Waals surface area contributed by atoms with Crippen molar-refractivity contribution in [1.29, 1.82) is 0 Å². The number of hydrogen-bond donors (Lipinski definition) is 2. The Morgan fingerprint density at radius 1 is 1.14 bits per heavy atom. The monoisotopic (exact) mass is 378 g/mol. The number of nitrogens with zero attached hydrogens (tertiary/aromatic N) is 3. The summed E-state index contributed by atoms with van der Waals surface area (Å²) < 4.78 is 0. The van der Waals surface area contributed by atoms with Crippen LogP contribution >= 0.6 is 0 Å². The minimum atomic E-state index is -1.03. The van der Waals surface area contributed by atoms with E-state index < -0.39 is 6.09 Å². The number of nitrogens with one attached hydrogen (secondary N) is 1. The van der Waals surface area contributed by atoms with E-state index in [1.807, 2.05) is 24.3 Å². The molecule has 1 aliphatic carbocycles. The second kappa shape index (κ2) is 6.51. The lowest BCUT2D eigenvalue weighted by molar-refractivity contribution is 0.0946. The fourth-order valence-electron chi connectivity index (χ4n) is 4.30. The highest BCUT2D eigenvalue weighted by Crippen LogP contribution is 2.47. The van der Waals surface area contributed by atoms with Crippen LogP contribution in [0.15, 0.2) is 42.5 Å². The fraction of sp³-hybridized carbons (Fsp3) is 0.381. The summed E-state index contributed by atoms with van der Waals surface area (Å²) in [4.78, 5) is 32.5.